The molecule has 2 aliphatic rings. The molecule has 1 unspecified atom stereocenters. The number of nitro benzene ring substituents is 1. The van der Waals surface area contributed by atoms with Crippen LogP contribution < -0.4 is 10.6 Å². The van der Waals surface area contributed by atoms with Crippen LogP contribution in [0.25, 0.3) is 0 Å². The first-order valence-electron chi connectivity index (χ1n) is 9.76. The minimum Gasteiger partial charge on any atom is -0.384 e. The van der Waals surface area contributed by atoms with Gasteiger partial charge in [0, 0.05) is 33.5 Å². The van der Waals surface area contributed by atoms with Crippen molar-refractivity contribution in [1.29, 1.82) is 5.26 Å². The van der Waals surface area contributed by atoms with Crippen LogP contribution in [-0.2, 0) is 11.2 Å². The predicted molar refractivity (Wildman–Crippen MR) is 115 cm³/mol. The summed E-state index contributed by atoms with van der Waals surface area (Å²) in [5.74, 6) is -0.407. The molecule has 7 nitrogen and oxygen atoms in total. The van der Waals surface area contributed by atoms with Gasteiger partial charge in [0.25, 0.3) is 5.69 Å². The molecule has 2 aromatic rings. The van der Waals surface area contributed by atoms with E-state index in [1.165, 1.54) is 6.07 Å². The lowest BCUT2D eigenvalue weighted by atomic mass is 9.78. The summed E-state index contributed by atoms with van der Waals surface area (Å²) in [6.45, 7) is 2.05. The monoisotopic (exact) mass is 420 g/mol. The fourth-order valence-corrected chi connectivity index (χ4v) is 5.27. The average Bonchev–Trinajstić information content (AvgIpc) is 3.22. The first-order chi connectivity index (χ1) is 14.5. The van der Waals surface area contributed by atoms with Gasteiger partial charge in [0.05, 0.1) is 22.5 Å². The van der Waals surface area contributed by atoms with Gasteiger partial charge in [-0.2, -0.15) is 5.26 Å². The Hall–Kier alpha value is -3.44. The molecular formula is C22H20N4O3S. The largest absolute Gasteiger partial charge is 0.384 e. The van der Waals surface area contributed by atoms with Crippen molar-refractivity contribution in [2.24, 2.45) is 5.73 Å². The van der Waals surface area contributed by atoms with E-state index in [0.717, 1.165) is 16.2 Å². The molecule has 2 N–H and O–H groups in total. The maximum Gasteiger partial charge on any atom is 0.293 e. The number of ketones is 1. The Labute approximate surface area is 177 Å². The van der Waals surface area contributed by atoms with E-state index in [9.17, 15) is 20.2 Å². The maximum absolute atomic E-state index is 13.1. The van der Waals surface area contributed by atoms with Gasteiger partial charge in [-0.25, -0.2) is 0 Å². The second-order valence-electron chi connectivity index (χ2n) is 7.22. The number of nitriles is 1. The standard InChI is InChI=1S/C22H20N4O3S/c1-2-13-10-11-19(30-13)20-14(12-23)22(24)25(17-8-5-9-18(27)21(17)20)15-6-3-4-7-16(15)26(28)29/h3-4,6-7,10-11,20H,2,5,8-9,24H2,1H3. The van der Waals surface area contributed by atoms with E-state index in [4.69, 9.17) is 5.73 Å². The van der Waals surface area contributed by atoms with E-state index >= 15 is 0 Å². The number of hydrogen-bond acceptors (Lipinski definition) is 7. The summed E-state index contributed by atoms with van der Waals surface area (Å²) in [4.78, 5) is 27.8. The zero-order valence-corrected chi connectivity index (χ0v) is 17.2. The maximum atomic E-state index is 13.1. The summed E-state index contributed by atoms with van der Waals surface area (Å²) in [5, 5.41) is 21.6. The van der Waals surface area contributed by atoms with E-state index in [-0.39, 0.29) is 28.6 Å². The van der Waals surface area contributed by atoms with Gasteiger partial charge in [-0.1, -0.05) is 19.1 Å². The predicted octanol–water partition coefficient (Wildman–Crippen LogP) is 4.52. The molecule has 152 valence electrons. The molecule has 0 saturated carbocycles. The third-order valence-corrected chi connectivity index (χ3v) is 6.84. The van der Waals surface area contributed by atoms with Crippen LogP contribution in [0.15, 0.2) is 59.1 Å². The molecule has 0 bridgehead atoms. The smallest absolute Gasteiger partial charge is 0.293 e. The summed E-state index contributed by atoms with van der Waals surface area (Å²) in [6.07, 6.45) is 2.46. The van der Waals surface area contributed by atoms with Crippen LogP contribution in [0.1, 0.15) is 41.9 Å². The van der Waals surface area contributed by atoms with Crippen LogP contribution in [0.2, 0.25) is 0 Å². The highest BCUT2D eigenvalue weighted by atomic mass is 32.1. The third kappa shape index (κ3) is 3.08. The number of rotatable bonds is 4. The topological polar surface area (TPSA) is 113 Å². The molecule has 1 aromatic heterocycles. The zero-order valence-electron chi connectivity index (χ0n) is 16.4. The number of anilines is 1. The number of carbonyl (C=O) groups is 1. The second-order valence-corrected chi connectivity index (χ2v) is 8.42. The molecule has 0 fully saturated rings. The van der Waals surface area contributed by atoms with Gasteiger partial charge in [-0.05, 0) is 37.5 Å². The Morgan fingerprint density at radius 3 is 2.73 bits per heavy atom. The van der Waals surface area contributed by atoms with Crippen LogP contribution in [0.4, 0.5) is 11.4 Å². The van der Waals surface area contributed by atoms with Crippen LogP contribution >= 0.6 is 11.3 Å². The number of aryl methyl sites for hydroxylation is 1. The number of nitrogens with two attached hydrogens (primary N) is 1. The summed E-state index contributed by atoms with van der Waals surface area (Å²) in [5.41, 5.74) is 8.08. The summed E-state index contributed by atoms with van der Waals surface area (Å²) in [7, 11) is 0. The van der Waals surface area contributed by atoms with Gasteiger partial charge >= 0.3 is 0 Å². The SMILES string of the molecule is CCc1ccc(C2C(C#N)=C(N)N(c3ccccc3[N+](=O)[O-])C3=C2C(=O)CCC3)s1. The summed E-state index contributed by atoms with van der Waals surface area (Å²) in [6, 6.07) is 12.4. The fraction of sp³-hybridized carbons (Fsp3) is 0.273. The Morgan fingerprint density at radius 1 is 1.30 bits per heavy atom. The van der Waals surface area contributed by atoms with Crippen molar-refractivity contribution in [3.8, 4) is 6.07 Å². The lowest BCUT2D eigenvalue weighted by Gasteiger charge is -2.38. The number of hydrogen-bond donors (Lipinski definition) is 1. The molecule has 0 saturated heterocycles. The molecule has 0 spiro atoms. The number of nitro groups is 1. The normalized spacial score (nSPS) is 19.0. The Kier molecular flexibility index (Phi) is 5.14. The zero-order chi connectivity index (χ0) is 21.4. The Morgan fingerprint density at radius 2 is 2.07 bits per heavy atom. The number of carbonyl (C=O) groups excluding carboxylic acids is 1. The highest BCUT2D eigenvalue weighted by Crippen LogP contribution is 2.48. The van der Waals surface area contributed by atoms with Gasteiger partial charge in [-0.15, -0.1) is 11.3 Å². The van der Waals surface area contributed by atoms with E-state index in [2.05, 4.69) is 13.0 Å². The van der Waals surface area contributed by atoms with Gasteiger partial charge in [-0.3, -0.25) is 19.8 Å². The van der Waals surface area contributed by atoms with Crippen molar-refractivity contribution in [3.63, 3.8) is 0 Å². The van der Waals surface area contributed by atoms with Crippen molar-refractivity contribution < 1.29 is 9.72 Å². The van der Waals surface area contributed by atoms with Gasteiger partial charge < -0.3 is 5.73 Å². The third-order valence-electron chi connectivity index (χ3n) is 5.55. The molecule has 4 rings (SSSR count). The molecule has 0 amide bonds. The van der Waals surface area contributed by atoms with E-state index in [1.807, 2.05) is 12.1 Å². The minimum absolute atomic E-state index is 0.0310. The van der Waals surface area contributed by atoms with E-state index < -0.39 is 10.8 Å². The lowest BCUT2D eigenvalue weighted by molar-refractivity contribution is -0.384. The molecular weight excluding hydrogens is 400 g/mol. The number of nitrogens with zero attached hydrogens (tertiary/aromatic N) is 3. The van der Waals surface area contributed by atoms with Gasteiger partial charge in [0.1, 0.15) is 11.5 Å². The summed E-state index contributed by atoms with van der Waals surface area (Å²) >= 11 is 1.57. The van der Waals surface area contributed by atoms with Gasteiger partial charge in [0.15, 0.2) is 5.78 Å². The van der Waals surface area contributed by atoms with Crippen molar-refractivity contribution in [1.82, 2.24) is 0 Å². The lowest BCUT2D eigenvalue weighted by Crippen LogP contribution is -2.38. The average molecular weight is 420 g/mol. The van der Waals surface area contributed by atoms with Crippen LogP contribution in [0.3, 0.4) is 0 Å². The summed E-state index contributed by atoms with van der Waals surface area (Å²) < 4.78 is 0. The fourth-order valence-electron chi connectivity index (χ4n) is 4.19. The first kappa shape index (κ1) is 19.9. The van der Waals surface area contributed by atoms with Gasteiger partial charge in [0.2, 0.25) is 0 Å². The number of allylic oxidation sites excluding steroid dienone is 3. The number of benzene rings is 1. The van der Waals surface area contributed by atoms with E-state index in [0.29, 0.717) is 30.5 Å². The van der Waals surface area contributed by atoms with E-state index in [1.54, 1.807) is 34.4 Å². The molecule has 1 atom stereocenters. The van der Waals surface area contributed by atoms with Crippen molar-refractivity contribution in [3.05, 3.63) is 78.9 Å². The Balaban J connectivity index is 1.99. The molecule has 8 heteroatoms. The molecule has 2 heterocycles. The second kappa shape index (κ2) is 7.76. The molecule has 0 radical (unpaired) electrons. The molecule has 1 aromatic carbocycles. The van der Waals surface area contributed by atoms with Crippen molar-refractivity contribution in [2.45, 2.75) is 38.5 Å². The molecule has 1 aliphatic heterocycles. The van der Waals surface area contributed by atoms with Crippen LogP contribution in [0.5, 0.6) is 0 Å². The quantitative estimate of drug-likeness (QED) is 0.574. The first-order valence-corrected chi connectivity index (χ1v) is 10.6. The van der Waals surface area contributed by atoms with Crippen molar-refractivity contribution in [2.75, 3.05) is 4.90 Å². The van der Waals surface area contributed by atoms with Crippen LogP contribution in [0, 0.1) is 21.4 Å². The highest BCUT2D eigenvalue weighted by molar-refractivity contribution is 7.12. The number of thiophene rings is 1. The Bertz CT molecular complexity index is 1160. The van der Waals surface area contributed by atoms with Crippen LogP contribution in [-0.4, -0.2) is 10.7 Å². The highest BCUT2D eigenvalue weighted by Gasteiger charge is 2.42. The van der Waals surface area contributed by atoms with Crippen molar-refractivity contribution >= 4 is 28.5 Å². The minimum atomic E-state index is -0.526. The number of Topliss-reactive ketones (excluding diaryl/α,β-unsaturated/α-hetero) is 1. The molecule has 1 aliphatic carbocycles. The number of para-hydroxylation sites is 2. The molecule has 30 heavy (non-hydrogen) atoms.